The number of hydrogen-bond donors (Lipinski definition) is 1. The summed E-state index contributed by atoms with van der Waals surface area (Å²) < 4.78 is 13.7. The molecule has 6 heteroatoms. The van der Waals surface area contributed by atoms with Crippen molar-refractivity contribution in [1.29, 1.82) is 0 Å². The van der Waals surface area contributed by atoms with Crippen LogP contribution in [0, 0.1) is 5.82 Å². The highest BCUT2D eigenvalue weighted by atomic mass is 32.1. The molecule has 1 N–H and O–H groups in total. The minimum Gasteiger partial charge on any atom is -0.296 e. The van der Waals surface area contributed by atoms with Crippen LogP contribution in [-0.2, 0) is 0 Å². The number of carbonyl (C=O) groups excluding carboxylic acids is 1. The van der Waals surface area contributed by atoms with Gasteiger partial charge < -0.3 is 0 Å². The number of amides is 1. The SMILES string of the molecule is O=C(Nc1nnc(-c2ccccc2F)s1)c1ccccc1. The number of nitrogens with one attached hydrogen (secondary N) is 1. The first-order valence-corrected chi connectivity index (χ1v) is 7.00. The van der Waals surface area contributed by atoms with E-state index in [0.717, 1.165) is 11.3 Å². The number of aromatic nitrogens is 2. The van der Waals surface area contributed by atoms with Crippen molar-refractivity contribution in [2.75, 3.05) is 5.32 Å². The number of rotatable bonds is 3. The standard InChI is InChI=1S/C15H10FN3OS/c16-12-9-5-4-8-11(12)14-18-19-15(21-14)17-13(20)10-6-2-1-3-7-10/h1-9H,(H,17,19,20). The molecular formula is C15H10FN3OS. The zero-order chi connectivity index (χ0) is 14.7. The third kappa shape index (κ3) is 2.95. The smallest absolute Gasteiger partial charge is 0.257 e. The number of nitrogens with zero attached hydrogens (tertiary/aromatic N) is 2. The molecule has 0 bridgehead atoms. The zero-order valence-electron chi connectivity index (χ0n) is 10.8. The Morgan fingerprint density at radius 2 is 1.71 bits per heavy atom. The van der Waals surface area contributed by atoms with Crippen molar-refractivity contribution in [1.82, 2.24) is 10.2 Å². The van der Waals surface area contributed by atoms with Gasteiger partial charge in [-0.05, 0) is 24.3 Å². The van der Waals surface area contributed by atoms with Gasteiger partial charge in [0.1, 0.15) is 5.82 Å². The van der Waals surface area contributed by atoms with Crippen LogP contribution in [0.5, 0.6) is 0 Å². The summed E-state index contributed by atoms with van der Waals surface area (Å²) >= 11 is 1.13. The van der Waals surface area contributed by atoms with Crippen LogP contribution in [0.15, 0.2) is 54.6 Å². The second kappa shape index (κ2) is 5.80. The van der Waals surface area contributed by atoms with Gasteiger partial charge in [-0.15, -0.1) is 10.2 Å². The summed E-state index contributed by atoms with van der Waals surface area (Å²) in [5.41, 5.74) is 0.898. The first-order valence-electron chi connectivity index (χ1n) is 6.19. The van der Waals surface area contributed by atoms with E-state index < -0.39 is 0 Å². The predicted molar refractivity (Wildman–Crippen MR) is 79.7 cm³/mol. The topological polar surface area (TPSA) is 54.9 Å². The van der Waals surface area contributed by atoms with Crippen LogP contribution in [-0.4, -0.2) is 16.1 Å². The van der Waals surface area contributed by atoms with Crippen molar-refractivity contribution in [3.05, 3.63) is 66.0 Å². The van der Waals surface area contributed by atoms with Crippen molar-refractivity contribution in [2.45, 2.75) is 0 Å². The zero-order valence-corrected chi connectivity index (χ0v) is 11.6. The van der Waals surface area contributed by atoms with Gasteiger partial charge >= 0.3 is 0 Å². The average Bonchev–Trinajstić information content (AvgIpc) is 2.97. The number of hydrogen-bond acceptors (Lipinski definition) is 4. The fourth-order valence-electron chi connectivity index (χ4n) is 1.78. The Kier molecular flexibility index (Phi) is 3.70. The largest absolute Gasteiger partial charge is 0.296 e. The Bertz CT molecular complexity index is 773. The predicted octanol–water partition coefficient (Wildman–Crippen LogP) is 3.60. The van der Waals surface area contributed by atoms with Crippen LogP contribution < -0.4 is 5.32 Å². The van der Waals surface area contributed by atoms with Gasteiger partial charge in [0, 0.05) is 11.1 Å². The van der Waals surface area contributed by atoms with E-state index in [-0.39, 0.29) is 11.7 Å². The van der Waals surface area contributed by atoms with Gasteiger partial charge in [-0.3, -0.25) is 10.1 Å². The molecule has 3 rings (SSSR count). The second-order valence-corrected chi connectivity index (χ2v) is 5.19. The van der Waals surface area contributed by atoms with E-state index in [0.29, 0.717) is 21.3 Å². The second-order valence-electron chi connectivity index (χ2n) is 4.21. The Hall–Kier alpha value is -2.60. The lowest BCUT2D eigenvalue weighted by Crippen LogP contribution is -2.11. The Morgan fingerprint density at radius 1 is 1.00 bits per heavy atom. The van der Waals surface area contributed by atoms with Gasteiger partial charge in [-0.25, -0.2) is 4.39 Å². The highest BCUT2D eigenvalue weighted by Crippen LogP contribution is 2.28. The Morgan fingerprint density at radius 3 is 2.48 bits per heavy atom. The molecule has 3 aromatic rings. The molecule has 0 fully saturated rings. The van der Waals surface area contributed by atoms with Gasteiger partial charge in [-0.1, -0.05) is 41.7 Å². The molecule has 0 saturated heterocycles. The van der Waals surface area contributed by atoms with Gasteiger partial charge in [0.2, 0.25) is 5.13 Å². The van der Waals surface area contributed by atoms with E-state index in [4.69, 9.17) is 0 Å². The van der Waals surface area contributed by atoms with Crippen molar-refractivity contribution >= 4 is 22.4 Å². The molecule has 0 aliphatic carbocycles. The molecule has 4 nitrogen and oxygen atoms in total. The summed E-state index contributed by atoms with van der Waals surface area (Å²) in [7, 11) is 0. The molecule has 1 amide bonds. The summed E-state index contributed by atoms with van der Waals surface area (Å²) in [6.07, 6.45) is 0. The minimum atomic E-state index is -0.366. The fourth-order valence-corrected chi connectivity index (χ4v) is 2.54. The molecule has 1 aromatic heterocycles. The van der Waals surface area contributed by atoms with Gasteiger partial charge in [0.05, 0.1) is 0 Å². The number of carbonyl (C=O) groups is 1. The lowest BCUT2D eigenvalue weighted by Gasteiger charge is -1.99. The maximum atomic E-state index is 13.7. The molecule has 0 saturated carbocycles. The van der Waals surface area contributed by atoms with Gasteiger partial charge in [0.15, 0.2) is 5.01 Å². The monoisotopic (exact) mass is 299 g/mol. The fraction of sp³-hybridized carbons (Fsp3) is 0. The first-order chi connectivity index (χ1) is 10.2. The summed E-state index contributed by atoms with van der Waals surface area (Å²) in [5.74, 6) is -0.638. The number of benzene rings is 2. The van der Waals surface area contributed by atoms with E-state index >= 15 is 0 Å². The van der Waals surface area contributed by atoms with Crippen molar-refractivity contribution in [3.63, 3.8) is 0 Å². The van der Waals surface area contributed by atoms with Crippen LogP contribution in [0.4, 0.5) is 9.52 Å². The molecule has 0 aliphatic rings. The molecule has 0 unspecified atom stereocenters. The van der Waals surface area contributed by atoms with E-state index in [2.05, 4.69) is 15.5 Å². The third-order valence-corrected chi connectivity index (χ3v) is 3.66. The molecular weight excluding hydrogens is 289 g/mol. The summed E-state index contributed by atoms with van der Waals surface area (Å²) in [6.45, 7) is 0. The average molecular weight is 299 g/mol. The minimum absolute atomic E-state index is 0.271. The maximum absolute atomic E-state index is 13.7. The highest BCUT2D eigenvalue weighted by Gasteiger charge is 2.13. The van der Waals surface area contributed by atoms with E-state index in [1.165, 1.54) is 6.07 Å². The molecule has 21 heavy (non-hydrogen) atoms. The number of anilines is 1. The van der Waals surface area contributed by atoms with Gasteiger partial charge in [0.25, 0.3) is 5.91 Å². The summed E-state index contributed by atoms with van der Waals surface area (Å²) in [6, 6.07) is 15.1. The quantitative estimate of drug-likeness (QED) is 0.804. The molecule has 1 heterocycles. The van der Waals surface area contributed by atoms with E-state index in [1.807, 2.05) is 6.07 Å². The molecule has 104 valence electrons. The molecule has 0 aliphatic heterocycles. The number of halogens is 1. The normalized spacial score (nSPS) is 10.3. The Balaban J connectivity index is 1.80. The molecule has 2 aromatic carbocycles. The lowest BCUT2D eigenvalue weighted by atomic mass is 10.2. The summed E-state index contributed by atoms with van der Waals surface area (Å²) in [4.78, 5) is 12.0. The first kappa shape index (κ1) is 13.4. The lowest BCUT2D eigenvalue weighted by molar-refractivity contribution is 0.102. The summed E-state index contributed by atoms with van der Waals surface area (Å²) in [5, 5.41) is 11.2. The van der Waals surface area contributed by atoms with Crippen molar-refractivity contribution in [2.24, 2.45) is 0 Å². The highest BCUT2D eigenvalue weighted by molar-refractivity contribution is 7.18. The molecule has 0 radical (unpaired) electrons. The van der Waals surface area contributed by atoms with E-state index in [1.54, 1.807) is 42.5 Å². The maximum Gasteiger partial charge on any atom is 0.257 e. The van der Waals surface area contributed by atoms with Crippen molar-refractivity contribution in [3.8, 4) is 10.6 Å². The van der Waals surface area contributed by atoms with Crippen LogP contribution >= 0.6 is 11.3 Å². The molecule has 0 atom stereocenters. The van der Waals surface area contributed by atoms with Crippen LogP contribution in [0.3, 0.4) is 0 Å². The van der Waals surface area contributed by atoms with Crippen LogP contribution in [0.2, 0.25) is 0 Å². The third-order valence-electron chi connectivity index (χ3n) is 2.79. The Labute approximate surface area is 124 Å². The van der Waals surface area contributed by atoms with Crippen LogP contribution in [0.25, 0.3) is 10.6 Å². The van der Waals surface area contributed by atoms with Crippen LogP contribution in [0.1, 0.15) is 10.4 Å². The van der Waals surface area contributed by atoms with E-state index in [9.17, 15) is 9.18 Å². The van der Waals surface area contributed by atoms with Crippen molar-refractivity contribution < 1.29 is 9.18 Å². The molecule has 0 spiro atoms. The van der Waals surface area contributed by atoms with Gasteiger partial charge in [-0.2, -0.15) is 0 Å².